The van der Waals surface area contributed by atoms with Crippen LogP contribution in [0.15, 0.2) is 72.8 Å². The van der Waals surface area contributed by atoms with E-state index in [-0.39, 0.29) is 22.7 Å². The van der Waals surface area contributed by atoms with Crippen molar-refractivity contribution in [1.29, 1.82) is 0 Å². The first kappa shape index (κ1) is 23.3. The van der Waals surface area contributed by atoms with Crippen LogP contribution in [0.3, 0.4) is 0 Å². The second-order valence-electron chi connectivity index (χ2n) is 6.93. The summed E-state index contributed by atoms with van der Waals surface area (Å²) in [5.74, 6) is -0.306. The number of carbonyl (C=O) groups excluding carboxylic acids is 2. The zero-order chi connectivity index (χ0) is 23.8. The Hall–Kier alpha value is -4.40. The van der Waals surface area contributed by atoms with Crippen LogP contribution in [0.1, 0.15) is 24.2 Å². The van der Waals surface area contributed by atoms with Gasteiger partial charge in [-0.2, -0.15) is 0 Å². The Balaban J connectivity index is 1.70. The number of nitrogens with zero attached hydrogens (tertiary/aromatic N) is 1. The molecule has 170 valence electrons. The molecule has 2 amide bonds. The summed E-state index contributed by atoms with van der Waals surface area (Å²) in [6.45, 7) is 3.89. The summed E-state index contributed by atoms with van der Waals surface area (Å²) in [5, 5.41) is 16.6. The van der Waals surface area contributed by atoms with Crippen molar-refractivity contribution < 1.29 is 24.0 Å². The minimum Gasteiger partial charge on any atom is -0.494 e. The van der Waals surface area contributed by atoms with Crippen molar-refractivity contribution in [3.63, 3.8) is 0 Å². The van der Waals surface area contributed by atoms with E-state index in [9.17, 15) is 19.7 Å². The van der Waals surface area contributed by atoms with E-state index in [1.54, 1.807) is 54.6 Å². The van der Waals surface area contributed by atoms with E-state index in [0.29, 0.717) is 18.0 Å². The van der Waals surface area contributed by atoms with Gasteiger partial charge in [-0.1, -0.05) is 24.3 Å². The molecule has 1 unspecified atom stereocenters. The fourth-order valence-electron chi connectivity index (χ4n) is 2.98. The lowest BCUT2D eigenvalue weighted by atomic mass is 10.1. The predicted molar refractivity (Wildman–Crippen MR) is 124 cm³/mol. The molecule has 0 heterocycles. The SMILES string of the molecule is CCOc1ccc(NC(=O)c2ccccc2NC(=O)C(C)Oc2ccccc2[N+](=O)[O-])cc1. The number of hydrogen-bond acceptors (Lipinski definition) is 6. The summed E-state index contributed by atoms with van der Waals surface area (Å²) in [6, 6.07) is 19.2. The highest BCUT2D eigenvalue weighted by Crippen LogP contribution is 2.27. The van der Waals surface area contributed by atoms with Crippen molar-refractivity contribution in [1.82, 2.24) is 0 Å². The van der Waals surface area contributed by atoms with Gasteiger partial charge >= 0.3 is 5.69 Å². The molecular weight excluding hydrogens is 426 g/mol. The van der Waals surface area contributed by atoms with Gasteiger partial charge in [0.05, 0.1) is 22.8 Å². The molecule has 0 bridgehead atoms. The summed E-state index contributed by atoms with van der Waals surface area (Å²) in [4.78, 5) is 36.1. The highest BCUT2D eigenvalue weighted by molar-refractivity contribution is 6.10. The number of ether oxygens (including phenoxy) is 2. The molecule has 0 fully saturated rings. The van der Waals surface area contributed by atoms with Crippen LogP contribution in [0.2, 0.25) is 0 Å². The van der Waals surface area contributed by atoms with Gasteiger partial charge in [0.25, 0.3) is 11.8 Å². The number of para-hydroxylation sites is 3. The first-order valence-electron chi connectivity index (χ1n) is 10.2. The summed E-state index contributed by atoms with van der Waals surface area (Å²) in [5.41, 5.74) is 0.853. The lowest BCUT2D eigenvalue weighted by Crippen LogP contribution is -2.31. The summed E-state index contributed by atoms with van der Waals surface area (Å²) in [6.07, 6.45) is -1.05. The zero-order valence-corrected chi connectivity index (χ0v) is 18.1. The van der Waals surface area contributed by atoms with Crippen molar-refractivity contribution in [3.05, 3.63) is 88.5 Å². The second kappa shape index (κ2) is 10.8. The maximum absolute atomic E-state index is 12.8. The van der Waals surface area contributed by atoms with Crippen molar-refractivity contribution >= 4 is 28.9 Å². The number of carbonyl (C=O) groups is 2. The Labute approximate surface area is 190 Å². The molecule has 0 saturated carbocycles. The highest BCUT2D eigenvalue weighted by Gasteiger charge is 2.22. The highest BCUT2D eigenvalue weighted by atomic mass is 16.6. The van der Waals surface area contributed by atoms with E-state index in [1.807, 2.05) is 6.92 Å². The molecule has 3 aromatic rings. The molecule has 0 aliphatic rings. The van der Waals surface area contributed by atoms with Gasteiger partial charge in [-0.3, -0.25) is 19.7 Å². The van der Waals surface area contributed by atoms with Crippen molar-refractivity contribution in [2.24, 2.45) is 0 Å². The van der Waals surface area contributed by atoms with E-state index in [1.165, 1.54) is 25.1 Å². The second-order valence-corrected chi connectivity index (χ2v) is 6.93. The Morgan fingerprint density at radius 1 is 0.970 bits per heavy atom. The van der Waals surface area contributed by atoms with Crippen LogP contribution in [0.5, 0.6) is 11.5 Å². The van der Waals surface area contributed by atoms with E-state index < -0.39 is 22.8 Å². The van der Waals surface area contributed by atoms with Gasteiger partial charge in [0.2, 0.25) is 0 Å². The molecule has 0 spiro atoms. The molecular formula is C24H23N3O6. The van der Waals surface area contributed by atoms with Gasteiger partial charge < -0.3 is 20.1 Å². The number of nitro benzene ring substituents is 1. The predicted octanol–water partition coefficient (Wildman–Crippen LogP) is 4.65. The molecule has 33 heavy (non-hydrogen) atoms. The lowest BCUT2D eigenvalue weighted by molar-refractivity contribution is -0.386. The van der Waals surface area contributed by atoms with Crippen molar-refractivity contribution in [2.45, 2.75) is 20.0 Å². The molecule has 0 radical (unpaired) electrons. The summed E-state index contributed by atoms with van der Waals surface area (Å²) in [7, 11) is 0. The van der Waals surface area contributed by atoms with Gasteiger partial charge in [-0.15, -0.1) is 0 Å². The Bertz CT molecular complexity index is 1150. The minimum atomic E-state index is -1.05. The van der Waals surface area contributed by atoms with Gasteiger partial charge in [-0.05, 0) is 56.3 Å². The van der Waals surface area contributed by atoms with Gasteiger partial charge in [0, 0.05) is 11.8 Å². The minimum absolute atomic E-state index is 0.0216. The molecule has 9 nitrogen and oxygen atoms in total. The molecule has 2 N–H and O–H groups in total. The molecule has 0 aliphatic carbocycles. The Kier molecular flexibility index (Phi) is 7.59. The third kappa shape index (κ3) is 6.07. The van der Waals surface area contributed by atoms with Crippen LogP contribution >= 0.6 is 0 Å². The number of nitro groups is 1. The van der Waals surface area contributed by atoms with E-state index in [0.717, 1.165) is 0 Å². The maximum atomic E-state index is 12.8. The Morgan fingerprint density at radius 2 is 1.64 bits per heavy atom. The number of nitrogens with one attached hydrogen (secondary N) is 2. The standard InChI is InChI=1S/C24H23N3O6/c1-3-32-18-14-12-17(13-15-18)25-24(29)19-8-4-5-9-20(19)26-23(28)16(2)33-22-11-7-6-10-21(22)27(30)31/h4-16H,3H2,1-2H3,(H,25,29)(H,26,28). The maximum Gasteiger partial charge on any atom is 0.310 e. The molecule has 0 saturated heterocycles. The Morgan fingerprint density at radius 3 is 2.33 bits per heavy atom. The van der Waals surface area contributed by atoms with Crippen LogP contribution in [-0.4, -0.2) is 29.4 Å². The quantitative estimate of drug-likeness (QED) is 0.362. The number of amides is 2. The number of anilines is 2. The molecule has 3 aromatic carbocycles. The van der Waals surface area contributed by atoms with Gasteiger partial charge in [0.1, 0.15) is 5.75 Å². The fraction of sp³-hybridized carbons (Fsp3) is 0.167. The normalized spacial score (nSPS) is 11.2. The monoisotopic (exact) mass is 449 g/mol. The molecule has 0 aliphatic heterocycles. The number of hydrogen-bond donors (Lipinski definition) is 2. The number of benzene rings is 3. The van der Waals surface area contributed by atoms with Crippen LogP contribution < -0.4 is 20.1 Å². The topological polar surface area (TPSA) is 120 Å². The average molecular weight is 449 g/mol. The van der Waals surface area contributed by atoms with E-state index >= 15 is 0 Å². The smallest absolute Gasteiger partial charge is 0.310 e. The fourth-order valence-corrected chi connectivity index (χ4v) is 2.98. The van der Waals surface area contributed by atoms with E-state index in [2.05, 4.69) is 10.6 Å². The molecule has 1 atom stereocenters. The molecule has 9 heteroatoms. The zero-order valence-electron chi connectivity index (χ0n) is 18.1. The van der Waals surface area contributed by atoms with Crippen LogP contribution in [-0.2, 0) is 4.79 Å². The first-order valence-corrected chi connectivity index (χ1v) is 10.2. The van der Waals surface area contributed by atoms with E-state index in [4.69, 9.17) is 9.47 Å². The van der Waals surface area contributed by atoms with Crippen LogP contribution in [0.25, 0.3) is 0 Å². The average Bonchev–Trinajstić information content (AvgIpc) is 2.81. The van der Waals surface area contributed by atoms with Crippen LogP contribution in [0.4, 0.5) is 17.1 Å². The molecule has 3 rings (SSSR count). The van der Waals surface area contributed by atoms with Crippen LogP contribution in [0, 0.1) is 10.1 Å². The first-order chi connectivity index (χ1) is 15.9. The van der Waals surface area contributed by atoms with Crippen molar-refractivity contribution in [2.75, 3.05) is 17.2 Å². The largest absolute Gasteiger partial charge is 0.494 e. The third-order valence-electron chi connectivity index (χ3n) is 4.59. The number of rotatable bonds is 9. The van der Waals surface area contributed by atoms with Gasteiger partial charge in [0.15, 0.2) is 11.9 Å². The summed E-state index contributed by atoms with van der Waals surface area (Å²) < 4.78 is 10.9. The third-order valence-corrected chi connectivity index (χ3v) is 4.59. The summed E-state index contributed by atoms with van der Waals surface area (Å²) >= 11 is 0. The van der Waals surface area contributed by atoms with Crippen molar-refractivity contribution in [3.8, 4) is 11.5 Å². The lowest BCUT2D eigenvalue weighted by Gasteiger charge is -2.16. The molecule has 0 aromatic heterocycles. The van der Waals surface area contributed by atoms with Gasteiger partial charge in [-0.25, -0.2) is 0 Å².